The number of carbonyl (C=O) groups is 4. The fourth-order valence-electron chi connectivity index (χ4n) is 3.10. The summed E-state index contributed by atoms with van der Waals surface area (Å²) in [7, 11) is 0. The molecule has 0 aliphatic carbocycles. The van der Waals surface area contributed by atoms with Crippen molar-refractivity contribution < 1.29 is 23.9 Å². The molecule has 0 spiro atoms. The third-order valence-electron chi connectivity index (χ3n) is 4.30. The summed E-state index contributed by atoms with van der Waals surface area (Å²) >= 11 is 0. The highest BCUT2D eigenvalue weighted by Gasteiger charge is 2.39. The molecule has 9 nitrogen and oxygen atoms in total. The van der Waals surface area contributed by atoms with E-state index in [9.17, 15) is 19.2 Å². The molecule has 1 aromatic rings. The number of halogens is 1. The number of benzene rings is 1. The molecule has 1 atom stereocenters. The Bertz CT molecular complexity index is 770. The summed E-state index contributed by atoms with van der Waals surface area (Å²) < 4.78 is 5.07. The molecule has 0 saturated carbocycles. The van der Waals surface area contributed by atoms with Gasteiger partial charge in [0.25, 0.3) is 5.91 Å². The van der Waals surface area contributed by atoms with E-state index in [4.69, 9.17) is 10.5 Å². The van der Waals surface area contributed by atoms with E-state index >= 15 is 0 Å². The number of rotatable bonds is 6. The number of anilines is 1. The quantitative estimate of drug-likeness (QED) is 0.450. The van der Waals surface area contributed by atoms with Crippen LogP contribution in [0, 0.1) is 0 Å². The number of nitrogens with one attached hydrogen (secondary N) is 2. The molecule has 27 heavy (non-hydrogen) atoms. The van der Waals surface area contributed by atoms with Crippen LogP contribution >= 0.6 is 12.4 Å². The number of piperidine rings is 1. The first-order chi connectivity index (χ1) is 12.5. The van der Waals surface area contributed by atoms with Gasteiger partial charge in [0.15, 0.2) is 0 Å². The molecule has 4 amide bonds. The van der Waals surface area contributed by atoms with Crippen LogP contribution in [-0.4, -0.2) is 54.3 Å². The van der Waals surface area contributed by atoms with Crippen molar-refractivity contribution in [1.29, 1.82) is 0 Å². The zero-order chi connectivity index (χ0) is 18.7. The standard InChI is InChI=1S/C17H20N4O5.ClH/c18-5-6-26-9-15(23)19-11-1-2-12-10(7-11)8-21(17(12)25)13-3-4-14(22)20-16(13)24;/h1-2,7,13H,3-6,8-9,18H2,(H,19,23)(H,20,22,24);1H. The molecule has 2 aliphatic rings. The lowest BCUT2D eigenvalue weighted by Gasteiger charge is -2.29. The van der Waals surface area contributed by atoms with Crippen LogP contribution in [0.15, 0.2) is 18.2 Å². The van der Waals surface area contributed by atoms with Gasteiger partial charge in [-0.25, -0.2) is 0 Å². The Morgan fingerprint density at radius 1 is 1.33 bits per heavy atom. The van der Waals surface area contributed by atoms with Crippen molar-refractivity contribution in [2.24, 2.45) is 5.73 Å². The van der Waals surface area contributed by atoms with Crippen LogP contribution in [0.1, 0.15) is 28.8 Å². The van der Waals surface area contributed by atoms with Crippen molar-refractivity contribution >= 4 is 41.7 Å². The van der Waals surface area contributed by atoms with Gasteiger partial charge in [-0.3, -0.25) is 24.5 Å². The van der Waals surface area contributed by atoms with E-state index in [1.54, 1.807) is 18.2 Å². The maximum absolute atomic E-state index is 12.6. The van der Waals surface area contributed by atoms with Gasteiger partial charge in [0.05, 0.1) is 6.61 Å². The molecule has 0 bridgehead atoms. The summed E-state index contributed by atoms with van der Waals surface area (Å²) in [5, 5.41) is 4.96. The first-order valence-corrected chi connectivity index (χ1v) is 8.35. The van der Waals surface area contributed by atoms with Crippen LogP contribution in [0.2, 0.25) is 0 Å². The number of carbonyl (C=O) groups excluding carboxylic acids is 4. The molecular weight excluding hydrogens is 376 g/mol. The van der Waals surface area contributed by atoms with Crippen molar-refractivity contribution in [1.82, 2.24) is 10.2 Å². The average Bonchev–Trinajstić information content (AvgIpc) is 2.91. The highest BCUT2D eigenvalue weighted by Crippen LogP contribution is 2.29. The van der Waals surface area contributed by atoms with Crippen LogP contribution < -0.4 is 16.4 Å². The van der Waals surface area contributed by atoms with Crippen LogP contribution in [0.25, 0.3) is 0 Å². The maximum atomic E-state index is 12.6. The minimum absolute atomic E-state index is 0. The van der Waals surface area contributed by atoms with Crippen molar-refractivity contribution in [2.75, 3.05) is 25.1 Å². The first-order valence-electron chi connectivity index (χ1n) is 8.35. The third kappa shape index (κ3) is 4.62. The molecule has 10 heteroatoms. The minimum Gasteiger partial charge on any atom is -0.370 e. The third-order valence-corrected chi connectivity index (χ3v) is 4.30. The SMILES string of the molecule is Cl.NCCOCC(=O)Nc1ccc2c(c1)CN(C1CCC(=O)NC1=O)C2=O. The van der Waals surface area contributed by atoms with E-state index in [1.165, 1.54) is 4.90 Å². The fourth-order valence-corrected chi connectivity index (χ4v) is 3.10. The van der Waals surface area contributed by atoms with E-state index in [1.807, 2.05) is 0 Å². The molecule has 1 unspecified atom stereocenters. The highest BCUT2D eigenvalue weighted by atomic mass is 35.5. The lowest BCUT2D eigenvalue weighted by Crippen LogP contribution is -2.52. The van der Waals surface area contributed by atoms with Gasteiger partial charge in [0, 0.05) is 30.8 Å². The lowest BCUT2D eigenvalue weighted by molar-refractivity contribution is -0.137. The number of hydrogen-bond acceptors (Lipinski definition) is 6. The van der Waals surface area contributed by atoms with E-state index in [-0.39, 0.29) is 49.7 Å². The van der Waals surface area contributed by atoms with Crippen LogP contribution in [0.5, 0.6) is 0 Å². The Kier molecular flexibility index (Phi) is 6.89. The zero-order valence-electron chi connectivity index (χ0n) is 14.5. The fraction of sp³-hybridized carbons (Fsp3) is 0.412. The highest BCUT2D eigenvalue weighted by molar-refractivity contribution is 6.05. The van der Waals surface area contributed by atoms with E-state index in [0.29, 0.717) is 30.8 Å². The second-order valence-corrected chi connectivity index (χ2v) is 6.16. The van der Waals surface area contributed by atoms with Gasteiger partial charge in [0.1, 0.15) is 12.6 Å². The summed E-state index contributed by atoms with van der Waals surface area (Å²) in [4.78, 5) is 49.1. The van der Waals surface area contributed by atoms with Gasteiger partial charge < -0.3 is 20.7 Å². The lowest BCUT2D eigenvalue weighted by atomic mass is 10.0. The molecule has 1 aromatic carbocycles. The molecule has 4 N–H and O–H groups in total. The summed E-state index contributed by atoms with van der Waals surface area (Å²) in [6.45, 7) is 0.793. The molecule has 2 heterocycles. The first kappa shape index (κ1) is 20.8. The largest absolute Gasteiger partial charge is 0.370 e. The van der Waals surface area contributed by atoms with Crippen molar-refractivity contribution in [3.05, 3.63) is 29.3 Å². The zero-order valence-corrected chi connectivity index (χ0v) is 15.3. The molecular formula is C17H21ClN4O5. The number of imide groups is 1. The van der Waals surface area contributed by atoms with Gasteiger partial charge in [0.2, 0.25) is 17.7 Å². The van der Waals surface area contributed by atoms with E-state index in [0.717, 1.165) is 5.56 Å². The van der Waals surface area contributed by atoms with Crippen molar-refractivity contribution in [3.63, 3.8) is 0 Å². The topological polar surface area (TPSA) is 131 Å². The summed E-state index contributed by atoms with van der Waals surface area (Å²) in [6, 6.07) is 4.31. The number of fused-ring (bicyclic) bond motifs is 1. The van der Waals surface area contributed by atoms with Crippen LogP contribution in [0.3, 0.4) is 0 Å². The van der Waals surface area contributed by atoms with Crippen molar-refractivity contribution in [2.45, 2.75) is 25.4 Å². The molecule has 146 valence electrons. The van der Waals surface area contributed by atoms with Gasteiger partial charge in [-0.2, -0.15) is 0 Å². The van der Waals surface area contributed by atoms with Gasteiger partial charge in [-0.15, -0.1) is 12.4 Å². The second-order valence-electron chi connectivity index (χ2n) is 6.16. The maximum Gasteiger partial charge on any atom is 0.255 e. The number of hydrogen-bond donors (Lipinski definition) is 3. The van der Waals surface area contributed by atoms with Crippen LogP contribution in [-0.2, 0) is 25.7 Å². The normalized spacial score (nSPS) is 18.6. The molecule has 1 fully saturated rings. The smallest absolute Gasteiger partial charge is 0.255 e. The van der Waals surface area contributed by atoms with E-state index in [2.05, 4.69) is 10.6 Å². The Balaban J connectivity index is 0.00000261. The molecule has 0 aromatic heterocycles. The molecule has 3 rings (SSSR count). The Hall–Kier alpha value is -2.49. The summed E-state index contributed by atoms with van der Waals surface area (Å²) in [5.41, 5.74) is 7.05. The van der Waals surface area contributed by atoms with Crippen molar-refractivity contribution in [3.8, 4) is 0 Å². The van der Waals surface area contributed by atoms with Crippen LogP contribution in [0.4, 0.5) is 5.69 Å². The summed E-state index contributed by atoms with van der Waals surface area (Å²) in [6.07, 6.45) is 0.521. The summed E-state index contributed by atoms with van der Waals surface area (Å²) in [5.74, 6) is -1.34. The predicted molar refractivity (Wildman–Crippen MR) is 98.2 cm³/mol. The second kappa shape index (κ2) is 8.94. The van der Waals surface area contributed by atoms with Gasteiger partial charge in [-0.1, -0.05) is 0 Å². The molecule has 2 aliphatic heterocycles. The number of amides is 4. The van der Waals surface area contributed by atoms with E-state index < -0.39 is 11.9 Å². The molecule has 1 saturated heterocycles. The number of nitrogens with zero attached hydrogens (tertiary/aromatic N) is 1. The monoisotopic (exact) mass is 396 g/mol. The van der Waals surface area contributed by atoms with Gasteiger partial charge in [-0.05, 0) is 30.2 Å². The average molecular weight is 397 g/mol. The number of nitrogens with two attached hydrogens (primary N) is 1. The van der Waals surface area contributed by atoms with Gasteiger partial charge >= 0.3 is 0 Å². The Morgan fingerprint density at radius 2 is 2.11 bits per heavy atom. The minimum atomic E-state index is -0.657. The number of ether oxygens (including phenoxy) is 1. The predicted octanol–water partition coefficient (Wildman–Crippen LogP) is -0.217. The molecule has 0 radical (unpaired) electrons. The Morgan fingerprint density at radius 3 is 2.81 bits per heavy atom. The Labute approximate surface area is 162 Å².